The molecular formula is C19H26ClN3O2S2. The second-order valence-corrected chi connectivity index (χ2v) is 10.6. The van der Waals surface area contributed by atoms with Crippen LogP contribution >= 0.6 is 23.4 Å². The minimum absolute atomic E-state index is 0.00310. The van der Waals surface area contributed by atoms with Gasteiger partial charge in [-0.15, -0.1) is 4.72 Å². The predicted molar refractivity (Wildman–Crippen MR) is 115 cm³/mol. The van der Waals surface area contributed by atoms with E-state index < -0.39 is 11.4 Å². The maximum Gasteiger partial charge on any atom is 0.251 e. The second-order valence-electron chi connectivity index (χ2n) is 7.42. The lowest BCUT2D eigenvalue weighted by Crippen LogP contribution is -2.41. The molecular weight excluding hydrogens is 402 g/mol. The lowest BCUT2D eigenvalue weighted by atomic mass is 9.94. The Bertz CT molecular complexity index is 806. The van der Waals surface area contributed by atoms with Crippen LogP contribution < -0.4 is 10.3 Å². The summed E-state index contributed by atoms with van der Waals surface area (Å²) in [6, 6.07) is 8.90. The van der Waals surface area contributed by atoms with Crippen molar-refractivity contribution in [1.82, 2.24) is 14.7 Å². The Morgan fingerprint density at radius 1 is 1.33 bits per heavy atom. The molecule has 5 nitrogen and oxygen atoms in total. The van der Waals surface area contributed by atoms with Crippen molar-refractivity contribution in [3.05, 3.63) is 57.0 Å². The van der Waals surface area contributed by atoms with Gasteiger partial charge in [-0.2, -0.15) is 0 Å². The first kappa shape index (κ1) is 22.3. The molecule has 0 bridgehead atoms. The predicted octanol–water partition coefficient (Wildman–Crippen LogP) is 4.43. The number of hydrogen-bond acceptors (Lipinski definition) is 5. The molecule has 2 aromatic rings. The van der Waals surface area contributed by atoms with E-state index in [4.69, 9.17) is 11.6 Å². The Morgan fingerprint density at radius 3 is 2.52 bits per heavy atom. The monoisotopic (exact) mass is 427 g/mol. The maximum absolute atomic E-state index is 12.7. The zero-order valence-electron chi connectivity index (χ0n) is 16.2. The number of benzene rings is 1. The standard InChI is InChI=1S/C19H26ClN3O2S2/c1-12(15-11-17(24)22-18(21-15)26-5)10-16(23-27(25)19(2,3)4)13-6-8-14(20)9-7-13/h6-9,11-12,16,23H,10H2,1-5H3,(H,21,22,24)/t12-,16-,27-/m0/s1. The summed E-state index contributed by atoms with van der Waals surface area (Å²) in [5.41, 5.74) is 1.56. The summed E-state index contributed by atoms with van der Waals surface area (Å²) < 4.78 is 15.5. The van der Waals surface area contributed by atoms with E-state index in [1.807, 2.05) is 58.2 Å². The molecule has 1 aromatic carbocycles. The van der Waals surface area contributed by atoms with Crippen LogP contribution in [0.25, 0.3) is 0 Å². The second kappa shape index (κ2) is 9.47. The molecule has 2 rings (SSSR count). The van der Waals surface area contributed by atoms with Gasteiger partial charge >= 0.3 is 0 Å². The molecule has 8 heteroatoms. The topological polar surface area (TPSA) is 80.8 Å². The van der Waals surface area contributed by atoms with E-state index in [1.165, 1.54) is 17.8 Å². The summed E-state index contributed by atoms with van der Waals surface area (Å²) >= 11 is 6.18. The molecule has 2 N–H and O–H groups in total. The van der Waals surface area contributed by atoms with Crippen LogP contribution in [0.2, 0.25) is 5.02 Å². The maximum atomic E-state index is 12.7. The van der Waals surface area contributed by atoms with Crippen LogP contribution in [-0.2, 0) is 11.4 Å². The number of nitrogens with zero attached hydrogens (tertiary/aromatic N) is 1. The van der Waals surface area contributed by atoms with E-state index in [9.17, 15) is 9.35 Å². The van der Waals surface area contributed by atoms with Crippen molar-refractivity contribution in [3.63, 3.8) is 0 Å². The third-order valence-electron chi connectivity index (χ3n) is 4.11. The van der Waals surface area contributed by atoms with Crippen molar-refractivity contribution in [3.8, 4) is 0 Å². The SMILES string of the molecule is CSc1nc([C@@H](C)C[C@H](N[S@@+]([O-])C(C)(C)C)c2ccc(Cl)cc2)cc(=O)[nH]1. The molecule has 0 fully saturated rings. The number of halogens is 1. The fraction of sp³-hybridized carbons (Fsp3) is 0.474. The van der Waals surface area contributed by atoms with Gasteiger partial charge in [-0.1, -0.05) is 42.4 Å². The Hall–Kier alpha value is -0.990. The van der Waals surface area contributed by atoms with Gasteiger partial charge in [0.1, 0.15) is 4.75 Å². The van der Waals surface area contributed by atoms with Crippen LogP contribution in [0.4, 0.5) is 0 Å². The van der Waals surface area contributed by atoms with Crippen molar-refractivity contribution in [1.29, 1.82) is 0 Å². The average Bonchev–Trinajstić information content (AvgIpc) is 2.60. The molecule has 0 amide bonds. The lowest BCUT2D eigenvalue weighted by molar-refractivity contribution is 0.487. The number of thioether (sulfide) groups is 1. The molecule has 3 atom stereocenters. The highest BCUT2D eigenvalue weighted by Crippen LogP contribution is 2.30. The third-order valence-corrected chi connectivity index (χ3v) is 6.55. The molecule has 1 heterocycles. The summed E-state index contributed by atoms with van der Waals surface area (Å²) in [6.07, 6.45) is 2.52. The van der Waals surface area contributed by atoms with Crippen LogP contribution in [-0.4, -0.2) is 25.5 Å². The van der Waals surface area contributed by atoms with Gasteiger partial charge in [0.15, 0.2) is 5.16 Å². The first-order valence-corrected chi connectivity index (χ1v) is 11.4. The zero-order valence-corrected chi connectivity index (χ0v) is 18.6. The number of aromatic nitrogens is 2. The Morgan fingerprint density at radius 2 is 1.96 bits per heavy atom. The number of H-pyrrole nitrogens is 1. The van der Waals surface area contributed by atoms with Gasteiger partial charge in [0.25, 0.3) is 5.56 Å². The molecule has 0 spiro atoms. The normalized spacial score (nSPS) is 15.4. The lowest BCUT2D eigenvalue weighted by Gasteiger charge is -2.29. The number of hydrogen-bond donors (Lipinski definition) is 2. The fourth-order valence-electron chi connectivity index (χ4n) is 2.53. The minimum Gasteiger partial charge on any atom is -0.598 e. The van der Waals surface area contributed by atoms with Crippen LogP contribution in [0.5, 0.6) is 0 Å². The molecule has 0 saturated heterocycles. The van der Waals surface area contributed by atoms with Crippen molar-refractivity contribution in [2.45, 2.75) is 56.0 Å². The van der Waals surface area contributed by atoms with Crippen molar-refractivity contribution < 1.29 is 4.55 Å². The van der Waals surface area contributed by atoms with Crippen molar-refractivity contribution in [2.75, 3.05) is 6.26 Å². The molecule has 148 valence electrons. The van der Waals surface area contributed by atoms with Crippen molar-refractivity contribution in [2.24, 2.45) is 0 Å². The molecule has 0 unspecified atom stereocenters. The number of aromatic amines is 1. The van der Waals surface area contributed by atoms with Gasteiger partial charge < -0.3 is 9.54 Å². The molecule has 0 aliphatic heterocycles. The van der Waals surface area contributed by atoms with Crippen LogP contribution in [0.3, 0.4) is 0 Å². The highest BCUT2D eigenvalue weighted by molar-refractivity contribution is 7.98. The fourth-order valence-corrected chi connectivity index (χ4v) is 3.90. The highest BCUT2D eigenvalue weighted by atomic mass is 35.5. The summed E-state index contributed by atoms with van der Waals surface area (Å²) in [5, 5.41) is 1.25. The molecule has 1 aromatic heterocycles. The van der Waals surface area contributed by atoms with E-state index in [0.29, 0.717) is 16.6 Å². The van der Waals surface area contributed by atoms with E-state index >= 15 is 0 Å². The van der Waals surface area contributed by atoms with E-state index in [2.05, 4.69) is 14.7 Å². The van der Waals surface area contributed by atoms with E-state index in [0.717, 1.165) is 11.3 Å². The molecule has 0 aliphatic carbocycles. The minimum atomic E-state index is -1.23. The van der Waals surface area contributed by atoms with Gasteiger partial charge in [-0.3, -0.25) is 4.79 Å². The molecule has 27 heavy (non-hydrogen) atoms. The zero-order chi connectivity index (χ0) is 20.2. The van der Waals surface area contributed by atoms with E-state index in [-0.39, 0.29) is 22.3 Å². The van der Waals surface area contributed by atoms with E-state index in [1.54, 1.807) is 0 Å². The first-order chi connectivity index (χ1) is 12.6. The van der Waals surface area contributed by atoms with Gasteiger partial charge in [0, 0.05) is 28.4 Å². The molecule has 0 aliphatic rings. The third kappa shape index (κ3) is 6.54. The van der Waals surface area contributed by atoms with Crippen LogP contribution in [0.15, 0.2) is 40.3 Å². The van der Waals surface area contributed by atoms with Gasteiger partial charge in [-0.05, 0) is 51.1 Å². The van der Waals surface area contributed by atoms with Crippen molar-refractivity contribution >= 4 is 34.7 Å². The Labute approximate surface area is 173 Å². The molecule has 0 radical (unpaired) electrons. The van der Waals surface area contributed by atoms with Gasteiger partial charge in [0.05, 0.1) is 11.7 Å². The highest BCUT2D eigenvalue weighted by Gasteiger charge is 2.31. The van der Waals surface area contributed by atoms with Gasteiger partial charge in [0.2, 0.25) is 0 Å². The summed E-state index contributed by atoms with van der Waals surface area (Å²) in [4.78, 5) is 19.1. The Kier molecular flexibility index (Phi) is 7.83. The van der Waals surface area contributed by atoms with Crippen LogP contribution in [0, 0.1) is 0 Å². The number of nitrogens with one attached hydrogen (secondary N) is 2. The average molecular weight is 428 g/mol. The van der Waals surface area contributed by atoms with Gasteiger partial charge in [-0.25, -0.2) is 4.98 Å². The number of rotatable bonds is 7. The summed E-state index contributed by atoms with van der Waals surface area (Å²) in [6.45, 7) is 7.82. The largest absolute Gasteiger partial charge is 0.598 e. The first-order valence-electron chi connectivity index (χ1n) is 8.69. The molecule has 0 saturated carbocycles. The summed E-state index contributed by atoms with van der Waals surface area (Å²) in [5.74, 6) is 0.00310. The Balaban J connectivity index is 2.29. The smallest absolute Gasteiger partial charge is 0.251 e. The summed E-state index contributed by atoms with van der Waals surface area (Å²) in [7, 11) is 0. The quantitative estimate of drug-likeness (QED) is 0.388. The van der Waals surface area contributed by atoms with Crippen LogP contribution in [0.1, 0.15) is 57.3 Å².